The number of amides is 5. The van der Waals surface area contributed by atoms with Gasteiger partial charge in [0.1, 0.15) is 0 Å². The number of carbonyl (C=O) groups is 7. The Kier molecular flexibility index (Phi) is 13.1. The van der Waals surface area contributed by atoms with E-state index in [0.717, 1.165) is 9.80 Å². The number of imide groups is 2. The van der Waals surface area contributed by atoms with E-state index in [1.165, 1.54) is 30.4 Å². The molecule has 0 saturated carbocycles. The van der Waals surface area contributed by atoms with E-state index in [1.807, 2.05) is 0 Å². The quantitative estimate of drug-likeness (QED) is 0.0810. The highest BCUT2D eigenvalue weighted by atomic mass is 16.5. The van der Waals surface area contributed by atoms with Crippen LogP contribution in [0, 0.1) is 5.92 Å². The van der Waals surface area contributed by atoms with Gasteiger partial charge in [-0.2, -0.15) is 0 Å². The lowest BCUT2D eigenvalue weighted by atomic mass is 9.96. The van der Waals surface area contributed by atoms with Crippen LogP contribution >= 0.6 is 0 Å². The SMILES string of the molecule is CC(C[C@@H](N)Cc1ccc(OC(=O)CCOCCN2C(=O)C=CC2=O)c(NC(=O)CCOCCN2C(=O)C=CC2=O)c1)C(=O)O. The maximum absolute atomic E-state index is 12.7. The smallest absolute Gasteiger partial charge is 0.313 e. The zero-order chi connectivity index (χ0) is 32.9. The molecular formula is C30H36N4O11. The number of hydrogen-bond acceptors (Lipinski definition) is 11. The molecule has 15 nitrogen and oxygen atoms in total. The minimum atomic E-state index is -0.961. The van der Waals surface area contributed by atoms with Crippen molar-refractivity contribution < 1.29 is 52.9 Å². The van der Waals surface area contributed by atoms with Crippen molar-refractivity contribution >= 4 is 47.2 Å². The van der Waals surface area contributed by atoms with Crippen molar-refractivity contribution in [3.8, 4) is 5.75 Å². The number of nitrogens with one attached hydrogen (secondary N) is 1. The van der Waals surface area contributed by atoms with E-state index in [2.05, 4.69) is 5.32 Å². The Morgan fingerprint density at radius 2 is 1.38 bits per heavy atom. The molecule has 2 aliphatic rings. The summed E-state index contributed by atoms with van der Waals surface area (Å²) in [5, 5.41) is 11.9. The molecule has 0 bridgehead atoms. The van der Waals surface area contributed by atoms with E-state index < -0.39 is 53.4 Å². The number of nitrogens with two attached hydrogens (primary N) is 1. The third-order valence-electron chi connectivity index (χ3n) is 6.76. The van der Waals surface area contributed by atoms with E-state index in [1.54, 1.807) is 19.1 Å². The average Bonchev–Trinajstić information content (AvgIpc) is 3.48. The molecule has 0 aliphatic carbocycles. The van der Waals surface area contributed by atoms with Crippen LogP contribution < -0.4 is 15.8 Å². The highest BCUT2D eigenvalue weighted by Gasteiger charge is 2.24. The van der Waals surface area contributed by atoms with Gasteiger partial charge in [-0.1, -0.05) is 13.0 Å². The minimum absolute atomic E-state index is 0.00965. The van der Waals surface area contributed by atoms with Crippen molar-refractivity contribution in [2.24, 2.45) is 11.7 Å². The molecule has 2 aliphatic heterocycles. The lowest BCUT2D eigenvalue weighted by molar-refractivity contribution is -0.141. The highest BCUT2D eigenvalue weighted by molar-refractivity contribution is 6.13. The average molecular weight is 629 g/mol. The fourth-order valence-corrected chi connectivity index (χ4v) is 4.36. The summed E-state index contributed by atoms with van der Waals surface area (Å²) in [4.78, 5) is 84.8. The van der Waals surface area contributed by atoms with E-state index in [-0.39, 0.29) is 70.2 Å². The Morgan fingerprint density at radius 1 is 0.844 bits per heavy atom. The minimum Gasteiger partial charge on any atom is -0.481 e. The number of esters is 1. The molecule has 1 aromatic rings. The van der Waals surface area contributed by atoms with Crippen molar-refractivity contribution in [3.63, 3.8) is 0 Å². The van der Waals surface area contributed by atoms with Gasteiger partial charge in [-0.15, -0.1) is 0 Å². The molecule has 3 rings (SSSR count). The maximum Gasteiger partial charge on any atom is 0.313 e. The van der Waals surface area contributed by atoms with Gasteiger partial charge in [-0.25, -0.2) is 0 Å². The van der Waals surface area contributed by atoms with Crippen molar-refractivity contribution in [2.75, 3.05) is 44.8 Å². The second-order valence-corrected chi connectivity index (χ2v) is 10.3. The number of rotatable bonds is 19. The molecule has 45 heavy (non-hydrogen) atoms. The van der Waals surface area contributed by atoms with Crippen LogP contribution in [0.4, 0.5) is 5.69 Å². The largest absolute Gasteiger partial charge is 0.481 e. The van der Waals surface area contributed by atoms with Gasteiger partial charge < -0.3 is 30.4 Å². The van der Waals surface area contributed by atoms with Gasteiger partial charge in [0.15, 0.2) is 5.75 Å². The molecule has 5 amide bonds. The summed E-state index contributed by atoms with van der Waals surface area (Å²) in [5.41, 5.74) is 7.00. The number of carbonyl (C=O) groups excluding carboxylic acids is 6. The normalized spacial score (nSPS) is 15.6. The molecule has 242 valence electrons. The first-order chi connectivity index (χ1) is 21.4. The fourth-order valence-electron chi connectivity index (χ4n) is 4.36. The third kappa shape index (κ3) is 11.0. The number of benzene rings is 1. The first-order valence-electron chi connectivity index (χ1n) is 14.3. The lowest BCUT2D eigenvalue weighted by Crippen LogP contribution is -2.33. The van der Waals surface area contributed by atoms with E-state index >= 15 is 0 Å². The molecule has 1 unspecified atom stereocenters. The van der Waals surface area contributed by atoms with Gasteiger partial charge in [-0.3, -0.25) is 43.4 Å². The van der Waals surface area contributed by atoms with Crippen molar-refractivity contribution in [1.29, 1.82) is 0 Å². The van der Waals surface area contributed by atoms with E-state index in [4.69, 9.17) is 25.1 Å². The molecule has 0 spiro atoms. The van der Waals surface area contributed by atoms with Gasteiger partial charge in [0.25, 0.3) is 23.6 Å². The number of nitrogens with zero attached hydrogens (tertiary/aromatic N) is 2. The Balaban J connectivity index is 1.52. The van der Waals surface area contributed by atoms with Crippen LogP contribution in [0.25, 0.3) is 0 Å². The number of carboxylic acids is 1. The van der Waals surface area contributed by atoms with Gasteiger partial charge in [-0.05, 0) is 30.5 Å². The Hall–Kier alpha value is -4.73. The van der Waals surface area contributed by atoms with Crippen LogP contribution in [-0.2, 0) is 49.5 Å². The number of carboxylic acid groups (broad SMARTS) is 1. The van der Waals surface area contributed by atoms with Gasteiger partial charge in [0.05, 0.1) is 64.0 Å². The lowest BCUT2D eigenvalue weighted by Gasteiger charge is -2.17. The van der Waals surface area contributed by atoms with Crippen LogP contribution in [0.15, 0.2) is 42.5 Å². The Morgan fingerprint density at radius 3 is 1.91 bits per heavy atom. The first-order valence-corrected chi connectivity index (χ1v) is 14.3. The second kappa shape index (κ2) is 16.9. The van der Waals surface area contributed by atoms with Crippen LogP contribution in [0.3, 0.4) is 0 Å². The molecule has 0 saturated heterocycles. The molecule has 0 fully saturated rings. The molecule has 15 heteroatoms. The molecule has 0 radical (unpaired) electrons. The van der Waals surface area contributed by atoms with Crippen LogP contribution in [0.5, 0.6) is 5.75 Å². The van der Waals surface area contributed by atoms with Crippen molar-refractivity contribution in [2.45, 2.75) is 38.6 Å². The summed E-state index contributed by atoms with van der Waals surface area (Å²) in [6, 6.07) is 4.24. The van der Waals surface area contributed by atoms with Crippen molar-refractivity contribution in [1.82, 2.24) is 9.80 Å². The monoisotopic (exact) mass is 628 g/mol. The van der Waals surface area contributed by atoms with Crippen molar-refractivity contribution in [3.05, 3.63) is 48.1 Å². The van der Waals surface area contributed by atoms with Crippen LogP contribution in [0.1, 0.15) is 31.7 Å². The van der Waals surface area contributed by atoms with Gasteiger partial charge in [0, 0.05) is 30.3 Å². The predicted octanol–water partition coefficient (Wildman–Crippen LogP) is 0.175. The summed E-state index contributed by atoms with van der Waals surface area (Å²) >= 11 is 0. The number of anilines is 1. The van der Waals surface area contributed by atoms with Crippen LogP contribution in [-0.4, -0.2) is 102 Å². The molecule has 1 aromatic carbocycles. The fraction of sp³-hybridized carbons (Fsp3) is 0.433. The molecular weight excluding hydrogens is 592 g/mol. The molecule has 2 heterocycles. The van der Waals surface area contributed by atoms with E-state index in [0.29, 0.717) is 12.0 Å². The predicted molar refractivity (Wildman–Crippen MR) is 156 cm³/mol. The standard InChI is InChI=1S/C30H36N4O11/c1-19(30(41)42)16-21(31)17-20-2-3-23(45-29(40)9-13-44-15-11-34-27(38)6-7-28(34)39)22(18-20)32-24(35)8-12-43-14-10-33-25(36)4-5-26(33)37/h2-7,18-19,21H,8-17,31H2,1H3,(H,32,35)(H,41,42)/t19?,21-/m1/s1. The van der Waals surface area contributed by atoms with E-state index in [9.17, 15) is 33.6 Å². The second-order valence-electron chi connectivity index (χ2n) is 10.3. The number of aliphatic carboxylic acids is 1. The Bertz CT molecular complexity index is 1340. The maximum atomic E-state index is 12.7. The molecule has 0 aromatic heterocycles. The number of hydrogen-bond donors (Lipinski definition) is 3. The van der Waals surface area contributed by atoms with Gasteiger partial charge in [0.2, 0.25) is 5.91 Å². The zero-order valence-corrected chi connectivity index (χ0v) is 24.8. The summed E-state index contributed by atoms with van der Waals surface area (Å²) in [6.45, 7) is 1.67. The third-order valence-corrected chi connectivity index (χ3v) is 6.76. The summed E-state index contributed by atoms with van der Waals surface area (Å²) in [6.07, 6.45) is 4.95. The first kappa shape index (κ1) is 34.8. The summed E-state index contributed by atoms with van der Waals surface area (Å²) in [7, 11) is 0. The Labute approximate surface area is 258 Å². The molecule has 4 N–H and O–H groups in total. The zero-order valence-electron chi connectivity index (χ0n) is 24.8. The van der Waals surface area contributed by atoms with Gasteiger partial charge >= 0.3 is 11.9 Å². The molecule has 2 atom stereocenters. The van der Waals surface area contributed by atoms with Crippen LogP contribution in [0.2, 0.25) is 0 Å². The highest BCUT2D eigenvalue weighted by Crippen LogP contribution is 2.28. The summed E-state index contributed by atoms with van der Waals surface area (Å²) < 4.78 is 16.2. The summed E-state index contributed by atoms with van der Waals surface area (Å²) in [5.74, 6) is -4.40. The number of ether oxygens (including phenoxy) is 3. The topological polar surface area (TPSA) is 212 Å².